The highest BCUT2D eigenvalue weighted by atomic mass is 19.3. The number of nitrogens with zero attached hydrogens (tertiary/aromatic N) is 3. The van der Waals surface area contributed by atoms with Crippen molar-refractivity contribution in [3.63, 3.8) is 0 Å². The fraction of sp³-hybridized carbons (Fsp3) is 0.786. The third kappa shape index (κ3) is 3.99. The summed E-state index contributed by atoms with van der Waals surface area (Å²) in [5, 5.41) is 3.35. The molecule has 1 aromatic heterocycles. The monoisotopic (exact) mass is 286 g/mol. The average molecular weight is 286 g/mol. The first-order valence-corrected chi connectivity index (χ1v) is 7.32. The first kappa shape index (κ1) is 15.4. The molecule has 4 nitrogen and oxygen atoms in total. The smallest absolute Gasteiger partial charge is 0.317 e. The van der Waals surface area contributed by atoms with Crippen molar-refractivity contribution < 1.29 is 8.78 Å². The highest BCUT2D eigenvalue weighted by Crippen LogP contribution is 2.19. The van der Waals surface area contributed by atoms with Gasteiger partial charge in [-0.3, -0.25) is 9.47 Å². The van der Waals surface area contributed by atoms with Crippen molar-refractivity contribution in [1.82, 2.24) is 19.8 Å². The van der Waals surface area contributed by atoms with E-state index in [0.29, 0.717) is 24.3 Å². The molecule has 20 heavy (non-hydrogen) atoms. The molecule has 0 bridgehead atoms. The minimum absolute atomic E-state index is 0.327. The minimum atomic E-state index is -2.51. The van der Waals surface area contributed by atoms with Crippen molar-refractivity contribution in [3.8, 4) is 0 Å². The van der Waals surface area contributed by atoms with E-state index in [4.69, 9.17) is 0 Å². The number of hydrogen-bond donors (Lipinski definition) is 1. The number of hydrogen-bond acceptors (Lipinski definition) is 3. The number of piperidine rings is 1. The molecule has 0 aromatic carbocycles. The van der Waals surface area contributed by atoms with Crippen LogP contribution in [0.15, 0.2) is 12.4 Å². The molecule has 0 unspecified atom stereocenters. The minimum Gasteiger partial charge on any atom is -0.317 e. The fourth-order valence-corrected chi connectivity index (χ4v) is 2.68. The molecule has 0 radical (unpaired) electrons. The fourth-order valence-electron chi connectivity index (χ4n) is 2.68. The Morgan fingerprint density at radius 1 is 1.40 bits per heavy atom. The summed E-state index contributed by atoms with van der Waals surface area (Å²) < 4.78 is 26.7. The van der Waals surface area contributed by atoms with Gasteiger partial charge in [0.1, 0.15) is 5.82 Å². The average Bonchev–Trinajstić information content (AvgIpc) is 2.87. The standard InChI is InChI=1S/C14H24F2N4/c1-11(2)19(9-12-3-5-17-6-4-12)10-13-18-7-8-20(13)14(15)16/h7-8,11-12,14,17H,3-6,9-10H2,1-2H3. The molecule has 1 fully saturated rings. The normalized spacial score (nSPS) is 17.6. The second-order valence-electron chi connectivity index (χ2n) is 5.74. The van der Waals surface area contributed by atoms with E-state index in [9.17, 15) is 8.78 Å². The summed E-state index contributed by atoms with van der Waals surface area (Å²) in [5.41, 5.74) is 0. The van der Waals surface area contributed by atoms with Crippen molar-refractivity contribution in [3.05, 3.63) is 18.2 Å². The van der Waals surface area contributed by atoms with Crippen LogP contribution in [0.5, 0.6) is 0 Å². The lowest BCUT2D eigenvalue weighted by Crippen LogP contribution is -2.39. The highest BCUT2D eigenvalue weighted by Gasteiger charge is 2.21. The zero-order chi connectivity index (χ0) is 14.5. The van der Waals surface area contributed by atoms with E-state index < -0.39 is 6.55 Å². The van der Waals surface area contributed by atoms with Gasteiger partial charge >= 0.3 is 6.55 Å². The maximum Gasteiger partial charge on any atom is 0.319 e. The van der Waals surface area contributed by atoms with E-state index in [1.165, 1.54) is 12.4 Å². The zero-order valence-corrected chi connectivity index (χ0v) is 12.2. The SMILES string of the molecule is CC(C)N(Cc1nccn1C(F)F)CC1CCNCC1. The number of alkyl halides is 2. The lowest BCUT2D eigenvalue weighted by Gasteiger charge is -2.32. The van der Waals surface area contributed by atoms with Crippen molar-refractivity contribution >= 4 is 0 Å². The number of nitrogens with one attached hydrogen (secondary N) is 1. The van der Waals surface area contributed by atoms with Crippen molar-refractivity contribution in [2.24, 2.45) is 5.92 Å². The molecule has 0 aliphatic carbocycles. The molecule has 0 amide bonds. The first-order valence-electron chi connectivity index (χ1n) is 7.32. The molecule has 2 heterocycles. The van der Waals surface area contributed by atoms with Crippen LogP contribution in [0.3, 0.4) is 0 Å². The third-order valence-corrected chi connectivity index (χ3v) is 3.99. The van der Waals surface area contributed by atoms with Crippen LogP contribution in [0, 0.1) is 5.92 Å². The molecule has 0 atom stereocenters. The number of imidazole rings is 1. The second-order valence-corrected chi connectivity index (χ2v) is 5.74. The van der Waals surface area contributed by atoms with Gasteiger partial charge in [0.05, 0.1) is 6.54 Å². The Labute approximate surface area is 119 Å². The summed E-state index contributed by atoms with van der Waals surface area (Å²) in [6.07, 6.45) is 5.12. The van der Waals surface area contributed by atoms with Gasteiger partial charge in [-0.1, -0.05) is 0 Å². The number of aromatic nitrogens is 2. The zero-order valence-electron chi connectivity index (χ0n) is 12.2. The van der Waals surface area contributed by atoms with Crippen molar-refractivity contribution in [2.75, 3.05) is 19.6 Å². The Balaban J connectivity index is 1.99. The van der Waals surface area contributed by atoms with Crippen LogP contribution in [-0.2, 0) is 6.54 Å². The van der Waals surface area contributed by atoms with E-state index in [0.717, 1.165) is 37.0 Å². The van der Waals surface area contributed by atoms with E-state index in [1.807, 2.05) is 0 Å². The number of rotatable bonds is 6. The maximum atomic E-state index is 12.9. The Morgan fingerprint density at radius 2 is 2.10 bits per heavy atom. The van der Waals surface area contributed by atoms with Crippen LogP contribution in [-0.4, -0.2) is 40.1 Å². The molecule has 6 heteroatoms. The summed E-state index contributed by atoms with van der Waals surface area (Å²) in [7, 11) is 0. The topological polar surface area (TPSA) is 33.1 Å². The van der Waals surface area contributed by atoms with Gasteiger partial charge in [-0.05, 0) is 45.7 Å². The molecule has 114 valence electrons. The molecular weight excluding hydrogens is 262 g/mol. The van der Waals surface area contributed by atoms with E-state index in [2.05, 4.69) is 29.0 Å². The van der Waals surface area contributed by atoms with Gasteiger partial charge in [0.15, 0.2) is 0 Å². The van der Waals surface area contributed by atoms with Crippen LogP contribution in [0.4, 0.5) is 8.78 Å². The predicted molar refractivity (Wildman–Crippen MR) is 74.6 cm³/mol. The number of halogens is 2. The Morgan fingerprint density at radius 3 is 2.70 bits per heavy atom. The van der Waals surface area contributed by atoms with Crippen LogP contribution in [0.2, 0.25) is 0 Å². The summed E-state index contributed by atoms with van der Waals surface area (Å²) in [4.78, 5) is 6.33. The Bertz CT molecular complexity index is 400. The third-order valence-electron chi connectivity index (χ3n) is 3.99. The van der Waals surface area contributed by atoms with Gasteiger partial charge in [-0.15, -0.1) is 0 Å². The quantitative estimate of drug-likeness (QED) is 0.872. The van der Waals surface area contributed by atoms with Crippen LogP contribution in [0.25, 0.3) is 0 Å². The molecule has 0 saturated carbocycles. The van der Waals surface area contributed by atoms with Gasteiger partial charge < -0.3 is 5.32 Å². The molecule has 1 aromatic rings. The van der Waals surface area contributed by atoms with E-state index >= 15 is 0 Å². The summed E-state index contributed by atoms with van der Waals surface area (Å²) in [6, 6.07) is 0.327. The molecular formula is C14H24F2N4. The van der Waals surface area contributed by atoms with Gasteiger partial charge in [0, 0.05) is 25.0 Å². The summed E-state index contributed by atoms with van der Waals surface area (Å²) >= 11 is 0. The van der Waals surface area contributed by atoms with E-state index in [1.54, 1.807) is 0 Å². The molecule has 1 aliphatic heterocycles. The first-order chi connectivity index (χ1) is 9.58. The highest BCUT2D eigenvalue weighted by molar-refractivity contribution is 4.93. The summed E-state index contributed by atoms with van der Waals surface area (Å²) in [5.74, 6) is 1.09. The molecule has 2 rings (SSSR count). The van der Waals surface area contributed by atoms with Gasteiger partial charge in [-0.25, -0.2) is 4.98 Å². The van der Waals surface area contributed by atoms with Gasteiger partial charge in [-0.2, -0.15) is 8.78 Å². The predicted octanol–water partition coefficient (Wildman–Crippen LogP) is 2.49. The summed E-state index contributed by atoms with van der Waals surface area (Å²) in [6.45, 7) is 5.26. The van der Waals surface area contributed by atoms with Crippen LogP contribution < -0.4 is 5.32 Å². The van der Waals surface area contributed by atoms with Gasteiger partial charge in [0.25, 0.3) is 0 Å². The van der Waals surface area contributed by atoms with Crippen molar-refractivity contribution in [2.45, 2.75) is 45.8 Å². The Hall–Kier alpha value is -1.01. The lowest BCUT2D eigenvalue weighted by molar-refractivity contribution is 0.0613. The second kappa shape index (κ2) is 7.13. The van der Waals surface area contributed by atoms with E-state index in [-0.39, 0.29) is 0 Å². The Kier molecular flexibility index (Phi) is 5.48. The molecule has 1 saturated heterocycles. The lowest BCUT2D eigenvalue weighted by atomic mass is 9.97. The maximum absolute atomic E-state index is 12.9. The van der Waals surface area contributed by atoms with Crippen LogP contribution >= 0.6 is 0 Å². The van der Waals surface area contributed by atoms with Crippen molar-refractivity contribution in [1.29, 1.82) is 0 Å². The largest absolute Gasteiger partial charge is 0.319 e. The van der Waals surface area contributed by atoms with Gasteiger partial charge in [0.2, 0.25) is 0 Å². The van der Waals surface area contributed by atoms with Crippen LogP contribution in [0.1, 0.15) is 39.1 Å². The molecule has 1 aliphatic rings. The molecule has 1 N–H and O–H groups in total. The molecule has 0 spiro atoms.